The molecule has 1 atom stereocenters. The lowest BCUT2D eigenvalue weighted by molar-refractivity contribution is 0.0939. The molecule has 0 saturated carbocycles. The molecule has 1 heterocycles. The third-order valence-electron chi connectivity index (χ3n) is 5.26. The molecule has 1 fully saturated rings. The van der Waals surface area contributed by atoms with Gasteiger partial charge in [-0.2, -0.15) is 4.31 Å². The topological polar surface area (TPSA) is 66.5 Å². The van der Waals surface area contributed by atoms with E-state index in [1.807, 2.05) is 44.2 Å². The quantitative estimate of drug-likeness (QED) is 0.795. The molecule has 0 radical (unpaired) electrons. The Balaban J connectivity index is 1.80. The molecule has 3 rings (SSSR count). The van der Waals surface area contributed by atoms with Crippen molar-refractivity contribution in [1.82, 2.24) is 9.62 Å². The number of hydrogen-bond donors (Lipinski definition) is 1. The first-order chi connectivity index (χ1) is 13.4. The lowest BCUT2D eigenvalue weighted by Crippen LogP contribution is -2.35. The van der Waals surface area contributed by atoms with Gasteiger partial charge < -0.3 is 5.32 Å². The predicted molar refractivity (Wildman–Crippen MR) is 112 cm³/mol. The fourth-order valence-corrected chi connectivity index (χ4v) is 4.84. The molecule has 5 nitrogen and oxygen atoms in total. The maximum Gasteiger partial charge on any atom is 0.251 e. The van der Waals surface area contributed by atoms with Crippen LogP contribution in [0.1, 0.15) is 49.9 Å². The zero-order chi connectivity index (χ0) is 20.1. The van der Waals surface area contributed by atoms with Crippen molar-refractivity contribution in [1.29, 1.82) is 0 Å². The number of carbonyl (C=O) groups excluding carboxylic acids is 1. The number of benzene rings is 2. The van der Waals surface area contributed by atoms with Crippen LogP contribution >= 0.6 is 0 Å². The standard InChI is InChI=1S/C22H28N2O3S/c1-3-17(2)23-22(25)20-9-7-8-19(16-20)18-10-12-21(13-11-18)28(26,27)24-14-5-4-6-15-24/h7-13,16-17H,3-6,14-15H2,1-2H3,(H,23,25)/t17-/m0/s1. The van der Waals surface area contributed by atoms with E-state index in [4.69, 9.17) is 0 Å². The molecule has 1 aliphatic rings. The maximum absolute atomic E-state index is 12.8. The lowest BCUT2D eigenvalue weighted by atomic mass is 10.0. The number of sulfonamides is 1. The maximum atomic E-state index is 12.8. The molecule has 6 heteroatoms. The molecular weight excluding hydrogens is 372 g/mol. The molecule has 1 aliphatic heterocycles. The van der Waals surface area contributed by atoms with E-state index >= 15 is 0 Å². The van der Waals surface area contributed by atoms with Crippen LogP contribution in [0.15, 0.2) is 53.4 Å². The number of amides is 1. The monoisotopic (exact) mass is 400 g/mol. The van der Waals surface area contributed by atoms with Crippen molar-refractivity contribution < 1.29 is 13.2 Å². The van der Waals surface area contributed by atoms with Crippen molar-refractivity contribution in [3.05, 3.63) is 54.1 Å². The van der Waals surface area contributed by atoms with Crippen LogP contribution in [0.4, 0.5) is 0 Å². The zero-order valence-electron chi connectivity index (χ0n) is 16.5. The molecule has 0 spiro atoms. The molecule has 0 aromatic heterocycles. The van der Waals surface area contributed by atoms with Gasteiger partial charge in [0.2, 0.25) is 10.0 Å². The van der Waals surface area contributed by atoms with Gasteiger partial charge in [0.15, 0.2) is 0 Å². The summed E-state index contributed by atoms with van der Waals surface area (Å²) in [4.78, 5) is 12.7. The van der Waals surface area contributed by atoms with Crippen LogP contribution in [-0.4, -0.2) is 37.8 Å². The van der Waals surface area contributed by atoms with Crippen LogP contribution in [-0.2, 0) is 10.0 Å². The summed E-state index contributed by atoms with van der Waals surface area (Å²) in [6.07, 6.45) is 3.80. The van der Waals surface area contributed by atoms with Crippen LogP contribution in [0.3, 0.4) is 0 Å². The van der Waals surface area contributed by atoms with Gasteiger partial charge in [-0.25, -0.2) is 8.42 Å². The number of nitrogens with one attached hydrogen (secondary N) is 1. The summed E-state index contributed by atoms with van der Waals surface area (Å²) in [6, 6.07) is 14.5. The van der Waals surface area contributed by atoms with Gasteiger partial charge in [-0.1, -0.05) is 37.6 Å². The minimum atomic E-state index is -3.43. The molecular formula is C22H28N2O3S. The summed E-state index contributed by atoms with van der Waals surface area (Å²) in [5, 5.41) is 2.97. The number of rotatable bonds is 6. The molecule has 150 valence electrons. The van der Waals surface area contributed by atoms with Gasteiger partial charge in [0, 0.05) is 24.7 Å². The second-order valence-corrected chi connectivity index (χ2v) is 9.29. The van der Waals surface area contributed by atoms with Crippen LogP contribution in [0, 0.1) is 0 Å². The molecule has 2 aromatic rings. The highest BCUT2D eigenvalue weighted by atomic mass is 32.2. The van der Waals surface area contributed by atoms with Gasteiger partial charge in [0.25, 0.3) is 5.91 Å². The van der Waals surface area contributed by atoms with E-state index < -0.39 is 10.0 Å². The third kappa shape index (κ3) is 4.62. The summed E-state index contributed by atoms with van der Waals surface area (Å²) in [6.45, 7) is 5.19. The Morgan fingerprint density at radius 3 is 2.36 bits per heavy atom. The molecule has 0 aliphatic carbocycles. The van der Waals surface area contributed by atoms with Gasteiger partial charge in [-0.05, 0) is 61.6 Å². The number of hydrogen-bond acceptors (Lipinski definition) is 3. The minimum absolute atomic E-state index is 0.0968. The van der Waals surface area contributed by atoms with Gasteiger partial charge in [0.1, 0.15) is 0 Å². The van der Waals surface area contributed by atoms with E-state index in [2.05, 4.69) is 5.32 Å². The molecule has 1 amide bonds. The van der Waals surface area contributed by atoms with Crippen molar-refractivity contribution in [2.24, 2.45) is 0 Å². The van der Waals surface area contributed by atoms with Crippen molar-refractivity contribution in [2.75, 3.05) is 13.1 Å². The van der Waals surface area contributed by atoms with E-state index in [1.165, 1.54) is 0 Å². The first kappa shape index (κ1) is 20.6. The average molecular weight is 401 g/mol. The summed E-state index contributed by atoms with van der Waals surface area (Å²) in [7, 11) is -3.43. The van der Waals surface area contributed by atoms with E-state index in [0.29, 0.717) is 23.5 Å². The smallest absolute Gasteiger partial charge is 0.251 e. The fraction of sp³-hybridized carbons (Fsp3) is 0.409. The first-order valence-electron chi connectivity index (χ1n) is 9.93. The number of piperidine rings is 1. The second-order valence-electron chi connectivity index (χ2n) is 7.35. The second kappa shape index (κ2) is 8.88. The molecule has 0 bridgehead atoms. The van der Waals surface area contributed by atoms with Crippen molar-refractivity contribution >= 4 is 15.9 Å². The van der Waals surface area contributed by atoms with Crippen LogP contribution in [0.2, 0.25) is 0 Å². The van der Waals surface area contributed by atoms with Crippen LogP contribution in [0.5, 0.6) is 0 Å². The Hall–Kier alpha value is -2.18. The molecule has 1 N–H and O–H groups in total. The fourth-order valence-electron chi connectivity index (χ4n) is 3.32. The van der Waals surface area contributed by atoms with Crippen molar-refractivity contribution in [2.45, 2.75) is 50.5 Å². The third-order valence-corrected chi connectivity index (χ3v) is 7.17. The van der Waals surface area contributed by atoms with Crippen molar-refractivity contribution in [3.8, 4) is 11.1 Å². The number of carbonyl (C=O) groups is 1. The summed E-state index contributed by atoms with van der Waals surface area (Å²) in [5.74, 6) is -0.0968. The lowest BCUT2D eigenvalue weighted by Gasteiger charge is -2.25. The Morgan fingerprint density at radius 2 is 1.71 bits per heavy atom. The van der Waals surface area contributed by atoms with Crippen molar-refractivity contribution in [3.63, 3.8) is 0 Å². The van der Waals surface area contributed by atoms with E-state index in [0.717, 1.165) is 36.8 Å². The Labute approximate surface area is 167 Å². The van der Waals surface area contributed by atoms with E-state index in [1.54, 1.807) is 22.5 Å². The summed E-state index contributed by atoms with van der Waals surface area (Å²) in [5.41, 5.74) is 2.37. The Bertz CT molecular complexity index is 917. The first-order valence-corrected chi connectivity index (χ1v) is 11.4. The van der Waals surface area contributed by atoms with Gasteiger partial charge >= 0.3 is 0 Å². The predicted octanol–water partition coefficient (Wildman–Crippen LogP) is 4.06. The summed E-state index contributed by atoms with van der Waals surface area (Å²) < 4.78 is 27.1. The molecule has 28 heavy (non-hydrogen) atoms. The average Bonchev–Trinajstić information content (AvgIpc) is 2.74. The zero-order valence-corrected chi connectivity index (χ0v) is 17.3. The molecule has 0 unspecified atom stereocenters. The van der Waals surface area contributed by atoms with Gasteiger partial charge in [-0.3, -0.25) is 4.79 Å². The van der Waals surface area contributed by atoms with Crippen LogP contribution < -0.4 is 5.32 Å². The largest absolute Gasteiger partial charge is 0.350 e. The highest BCUT2D eigenvalue weighted by Crippen LogP contribution is 2.25. The molecule has 2 aromatic carbocycles. The number of nitrogens with zero attached hydrogens (tertiary/aromatic N) is 1. The van der Waals surface area contributed by atoms with Gasteiger partial charge in [-0.15, -0.1) is 0 Å². The Kier molecular flexibility index (Phi) is 6.52. The highest BCUT2D eigenvalue weighted by molar-refractivity contribution is 7.89. The highest BCUT2D eigenvalue weighted by Gasteiger charge is 2.25. The van der Waals surface area contributed by atoms with E-state index in [-0.39, 0.29) is 11.9 Å². The SMILES string of the molecule is CC[C@H](C)NC(=O)c1cccc(-c2ccc(S(=O)(=O)N3CCCCC3)cc2)c1. The summed E-state index contributed by atoms with van der Waals surface area (Å²) >= 11 is 0. The van der Waals surface area contributed by atoms with E-state index in [9.17, 15) is 13.2 Å². The molecule has 1 saturated heterocycles. The minimum Gasteiger partial charge on any atom is -0.350 e. The normalized spacial score (nSPS) is 16.5. The Morgan fingerprint density at radius 1 is 1.04 bits per heavy atom. The van der Waals surface area contributed by atoms with Crippen LogP contribution in [0.25, 0.3) is 11.1 Å². The van der Waals surface area contributed by atoms with Gasteiger partial charge in [0.05, 0.1) is 4.90 Å².